The van der Waals surface area contributed by atoms with Gasteiger partial charge in [0.1, 0.15) is 0 Å². The maximum Gasteiger partial charge on any atom is 0.156 e. The number of aliphatic hydroxyl groups excluding tert-OH is 1. The predicted molar refractivity (Wildman–Crippen MR) is 63.7 cm³/mol. The van der Waals surface area contributed by atoms with Crippen LogP contribution in [0.2, 0.25) is 0 Å². The zero-order valence-corrected chi connectivity index (χ0v) is 10.6. The molecule has 0 aliphatic rings. The lowest BCUT2D eigenvalue weighted by Gasteiger charge is -2.18. The van der Waals surface area contributed by atoms with Gasteiger partial charge in [0.25, 0.3) is 0 Å². The molecule has 1 N–H and O–H groups in total. The van der Waals surface area contributed by atoms with E-state index in [2.05, 4.69) is 22.9 Å². The van der Waals surface area contributed by atoms with E-state index >= 15 is 0 Å². The number of aryl methyl sites for hydroxylation is 1. The summed E-state index contributed by atoms with van der Waals surface area (Å²) in [6.07, 6.45) is 2.04. The molecule has 1 unspecified atom stereocenters. The molecular weight excluding hydrogens is 259 g/mol. The molecule has 3 heteroatoms. The maximum atomic E-state index is 13.8. The number of rotatable bonds is 4. The molecule has 0 fully saturated rings. The fourth-order valence-corrected chi connectivity index (χ4v) is 2.01. The minimum atomic E-state index is -1.66. The van der Waals surface area contributed by atoms with Gasteiger partial charge in [0.15, 0.2) is 5.67 Å². The standard InChI is InChI=1S/C12H16BrFO/c1-3-4-9-5-6-10(7-11(9)13)12(2,14)8-15/h5-7,15H,3-4,8H2,1-2H3. The summed E-state index contributed by atoms with van der Waals surface area (Å²) >= 11 is 3.42. The first-order valence-corrected chi connectivity index (χ1v) is 5.89. The summed E-state index contributed by atoms with van der Waals surface area (Å²) in [6, 6.07) is 5.41. The Balaban J connectivity index is 3.01. The number of hydrogen-bond acceptors (Lipinski definition) is 1. The number of aliphatic hydroxyl groups is 1. The summed E-state index contributed by atoms with van der Waals surface area (Å²) in [5, 5.41) is 8.92. The van der Waals surface area contributed by atoms with Gasteiger partial charge in [0.2, 0.25) is 0 Å². The molecule has 84 valence electrons. The second-order valence-electron chi connectivity index (χ2n) is 3.91. The predicted octanol–water partition coefficient (Wildman–Crippen LogP) is 3.58. The molecule has 0 spiro atoms. The highest BCUT2D eigenvalue weighted by Gasteiger charge is 2.25. The molecular formula is C12H16BrFO. The van der Waals surface area contributed by atoms with Gasteiger partial charge < -0.3 is 5.11 Å². The third-order valence-electron chi connectivity index (χ3n) is 2.47. The Kier molecular flexibility index (Phi) is 4.29. The van der Waals surface area contributed by atoms with Crippen LogP contribution in [-0.2, 0) is 12.1 Å². The summed E-state index contributed by atoms with van der Waals surface area (Å²) in [5.41, 5.74) is 0.0273. The Morgan fingerprint density at radius 2 is 2.13 bits per heavy atom. The zero-order valence-electron chi connectivity index (χ0n) is 9.06. The molecule has 1 aromatic rings. The van der Waals surface area contributed by atoms with Crippen LogP contribution in [0.1, 0.15) is 31.4 Å². The van der Waals surface area contributed by atoms with E-state index in [0.29, 0.717) is 5.56 Å². The van der Waals surface area contributed by atoms with E-state index in [1.54, 1.807) is 12.1 Å². The Labute approximate surface area is 98.4 Å². The van der Waals surface area contributed by atoms with Crippen molar-refractivity contribution in [2.24, 2.45) is 0 Å². The van der Waals surface area contributed by atoms with Crippen molar-refractivity contribution in [2.75, 3.05) is 6.61 Å². The minimum Gasteiger partial charge on any atom is -0.393 e. The van der Waals surface area contributed by atoms with Crippen LogP contribution in [0.3, 0.4) is 0 Å². The summed E-state index contributed by atoms with van der Waals surface area (Å²) in [4.78, 5) is 0. The summed E-state index contributed by atoms with van der Waals surface area (Å²) in [5.74, 6) is 0. The van der Waals surface area contributed by atoms with Crippen molar-refractivity contribution >= 4 is 15.9 Å². The highest BCUT2D eigenvalue weighted by molar-refractivity contribution is 9.10. The minimum absolute atomic E-state index is 0.493. The van der Waals surface area contributed by atoms with Crippen LogP contribution >= 0.6 is 15.9 Å². The van der Waals surface area contributed by atoms with Crippen LogP contribution in [0.25, 0.3) is 0 Å². The van der Waals surface area contributed by atoms with Crippen molar-refractivity contribution in [2.45, 2.75) is 32.4 Å². The van der Waals surface area contributed by atoms with Crippen LogP contribution in [0.5, 0.6) is 0 Å². The molecule has 1 rings (SSSR count). The lowest BCUT2D eigenvalue weighted by Crippen LogP contribution is -2.20. The first-order valence-electron chi connectivity index (χ1n) is 5.10. The highest BCUT2D eigenvalue weighted by atomic mass is 79.9. The largest absolute Gasteiger partial charge is 0.393 e. The van der Waals surface area contributed by atoms with E-state index < -0.39 is 12.3 Å². The van der Waals surface area contributed by atoms with Gasteiger partial charge >= 0.3 is 0 Å². The Hall–Kier alpha value is -0.410. The SMILES string of the molecule is CCCc1ccc(C(C)(F)CO)cc1Br. The van der Waals surface area contributed by atoms with Crippen molar-refractivity contribution in [1.29, 1.82) is 0 Å². The Morgan fingerprint density at radius 3 is 2.60 bits per heavy atom. The quantitative estimate of drug-likeness (QED) is 0.890. The van der Waals surface area contributed by atoms with Gasteiger partial charge in [-0.1, -0.05) is 41.4 Å². The van der Waals surface area contributed by atoms with Crippen molar-refractivity contribution in [3.05, 3.63) is 33.8 Å². The number of alkyl halides is 1. The average Bonchev–Trinajstić information content (AvgIpc) is 2.21. The summed E-state index contributed by atoms with van der Waals surface area (Å²) in [7, 11) is 0. The number of hydrogen-bond donors (Lipinski definition) is 1. The van der Waals surface area contributed by atoms with Gasteiger partial charge in [-0.15, -0.1) is 0 Å². The molecule has 0 aromatic heterocycles. The van der Waals surface area contributed by atoms with Crippen LogP contribution in [0.15, 0.2) is 22.7 Å². The molecule has 0 saturated carbocycles. The van der Waals surface area contributed by atoms with Crippen molar-refractivity contribution < 1.29 is 9.50 Å². The Morgan fingerprint density at radius 1 is 1.47 bits per heavy atom. The fourth-order valence-electron chi connectivity index (χ4n) is 1.43. The summed E-state index contributed by atoms with van der Waals surface area (Å²) < 4.78 is 14.7. The van der Waals surface area contributed by atoms with Crippen molar-refractivity contribution in [3.63, 3.8) is 0 Å². The smallest absolute Gasteiger partial charge is 0.156 e. The molecule has 1 nitrogen and oxygen atoms in total. The van der Waals surface area contributed by atoms with Crippen LogP contribution in [-0.4, -0.2) is 11.7 Å². The van der Waals surface area contributed by atoms with Crippen LogP contribution in [0, 0.1) is 0 Å². The molecule has 1 aromatic carbocycles. The second kappa shape index (κ2) is 5.08. The molecule has 0 aliphatic carbocycles. The highest BCUT2D eigenvalue weighted by Crippen LogP contribution is 2.29. The van der Waals surface area contributed by atoms with E-state index in [0.717, 1.165) is 17.3 Å². The van der Waals surface area contributed by atoms with E-state index in [4.69, 9.17) is 5.11 Å². The van der Waals surface area contributed by atoms with E-state index in [-0.39, 0.29) is 0 Å². The fraction of sp³-hybridized carbons (Fsp3) is 0.500. The molecule has 0 aliphatic heterocycles. The van der Waals surface area contributed by atoms with Gasteiger partial charge in [-0.25, -0.2) is 4.39 Å². The first-order chi connectivity index (χ1) is 7.01. The monoisotopic (exact) mass is 274 g/mol. The normalized spacial score (nSPS) is 15.0. The van der Waals surface area contributed by atoms with Gasteiger partial charge in [-0.2, -0.15) is 0 Å². The van der Waals surface area contributed by atoms with Crippen molar-refractivity contribution in [1.82, 2.24) is 0 Å². The van der Waals surface area contributed by atoms with Crippen molar-refractivity contribution in [3.8, 4) is 0 Å². The van der Waals surface area contributed by atoms with Gasteiger partial charge in [0, 0.05) is 4.47 Å². The van der Waals surface area contributed by atoms with Gasteiger partial charge in [-0.05, 0) is 30.5 Å². The molecule has 0 bridgehead atoms. The Bertz CT molecular complexity index is 336. The van der Waals surface area contributed by atoms with E-state index in [1.807, 2.05) is 6.07 Å². The van der Waals surface area contributed by atoms with E-state index in [1.165, 1.54) is 12.5 Å². The molecule has 1 atom stereocenters. The second-order valence-corrected chi connectivity index (χ2v) is 4.77. The molecule has 15 heavy (non-hydrogen) atoms. The average molecular weight is 275 g/mol. The zero-order chi connectivity index (χ0) is 11.5. The number of halogens is 2. The third-order valence-corrected chi connectivity index (χ3v) is 3.21. The lowest BCUT2D eigenvalue weighted by molar-refractivity contribution is 0.0867. The van der Waals surface area contributed by atoms with Gasteiger partial charge in [0.05, 0.1) is 6.61 Å². The summed E-state index contributed by atoms with van der Waals surface area (Å²) in [6.45, 7) is 2.99. The third kappa shape index (κ3) is 3.02. The molecule has 0 saturated heterocycles. The molecule has 0 radical (unpaired) electrons. The van der Waals surface area contributed by atoms with Crippen LogP contribution < -0.4 is 0 Å². The van der Waals surface area contributed by atoms with Gasteiger partial charge in [-0.3, -0.25) is 0 Å². The number of benzene rings is 1. The van der Waals surface area contributed by atoms with Crippen LogP contribution in [0.4, 0.5) is 4.39 Å². The maximum absolute atomic E-state index is 13.8. The topological polar surface area (TPSA) is 20.2 Å². The molecule has 0 amide bonds. The van der Waals surface area contributed by atoms with E-state index in [9.17, 15) is 4.39 Å². The lowest BCUT2D eigenvalue weighted by atomic mass is 9.97. The first kappa shape index (κ1) is 12.7. The molecule has 0 heterocycles.